The van der Waals surface area contributed by atoms with Crippen LogP contribution in [0.5, 0.6) is 0 Å². The van der Waals surface area contributed by atoms with E-state index in [4.69, 9.17) is 5.73 Å². The Morgan fingerprint density at radius 2 is 2.31 bits per heavy atom. The van der Waals surface area contributed by atoms with Gasteiger partial charge in [0.25, 0.3) is 0 Å². The minimum absolute atomic E-state index is 0.472. The van der Waals surface area contributed by atoms with Crippen molar-refractivity contribution in [2.75, 3.05) is 5.73 Å². The van der Waals surface area contributed by atoms with Crippen molar-refractivity contribution >= 4 is 33.1 Å². The summed E-state index contributed by atoms with van der Waals surface area (Å²) in [7, 11) is 0. The quantitative estimate of drug-likeness (QED) is 0.847. The molecule has 0 saturated heterocycles. The zero-order valence-corrected chi connectivity index (χ0v) is 8.84. The zero-order chi connectivity index (χ0) is 9.26. The average Bonchev–Trinajstić information content (AvgIpc) is 2.61. The van der Waals surface area contributed by atoms with Gasteiger partial charge >= 0.3 is 0 Å². The third-order valence-electron chi connectivity index (χ3n) is 1.48. The summed E-state index contributed by atoms with van der Waals surface area (Å²) in [4.78, 5) is 4.00. The number of hydrogen-bond donors (Lipinski definition) is 1. The van der Waals surface area contributed by atoms with Crippen LogP contribution in [-0.4, -0.2) is 15.2 Å². The molecule has 0 saturated carbocycles. The van der Waals surface area contributed by atoms with E-state index in [1.165, 1.54) is 11.3 Å². The molecule has 2 heterocycles. The van der Waals surface area contributed by atoms with E-state index in [1.807, 2.05) is 6.07 Å². The number of nitrogens with two attached hydrogens (primary N) is 1. The minimum Gasteiger partial charge on any atom is -0.383 e. The van der Waals surface area contributed by atoms with Gasteiger partial charge in [-0.15, -0.1) is 10.2 Å². The van der Waals surface area contributed by atoms with Gasteiger partial charge in [-0.2, -0.15) is 0 Å². The SMILES string of the molecule is Nc1ncc(Br)cc1-c1nncs1. The Balaban J connectivity index is 2.57. The first kappa shape index (κ1) is 8.58. The Kier molecular flexibility index (Phi) is 2.24. The van der Waals surface area contributed by atoms with Crippen molar-refractivity contribution in [3.05, 3.63) is 22.2 Å². The largest absolute Gasteiger partial charge is 0.383 e. The van der Waals surface area contributed by atoms with Crippen molar-refractivity contribution in [2.45, 2.75) is 0 Å². The smallest absolute Gasteiger partial charge is 0.151 e. The summed E-state index contributed by atoms with van der Waals surface area (Å²) in [5.74, 6) is 0.472. The van der Waals surface area contributed by atoms with E-state index in [-0.39, 0.29) is 0 Å². The molecule has 0 bridgehead atoms. The Bertz CT molecular complexity index is 414. The van der Waals surface area contributed by atoms with Crippen molar-refractivity contribution in [3.63, 3.8) is 0 Å². The second-order valence-corrected chi connectivity index (χ2v) is 4.08. The van der Waals surface area contributed by atoms with Gasteiger partial charge in [-0.05, 0) is 22.0 Å². The van der Waals surface area contributed by atoms with Gasteiger partial charge in [0.2, 0.25) is 0 Å². The second-order valence-electron chi connectivity index (χ2n) is 2.33. The van der Waals surface area contributed by atoms with Crippen molar-refractivity contribution in [1.29, 1.82) is 0 Å². The highest BCUT2D eigenvalue weighted by Gasteiger charge is 2.07. The fraction of sp³-hybridized carbons (Fsp3) is 0. The first-order chi connectivity index (χ1) is 6.27. The summed E-state index contributed by atoms with van der Waals surface area (Å²) in [6, 6.07) is 1.88. The standard InChI is InChI=1S/C7H5BrN4S/c8-4-1-5(6(9)10-2-4)7-12-11-3-13-7/h1-3H,(H2,9,10). The molecule has 0 atom stereocenters. The molecular weight excluding hydrogens is 252 g/mol. The third kappa shape index (κ3) is 1.68. The summed E-state index contributed by atoms with van der Waals surface area (Å²) in [5, 5.41) is 8.44. The van der Waals surface area contributed by atoms with E-state index < -0.39 is 0 Å². The maximum absolute atomic E-state index is 5.69. The molecule has 0 aliphatic rings. The molecular formula is C7H5BrN4S. The van der Waals surface area contributed by atoms with E-state index in [0.29, 0.717) is 5.82 Å². The second kappa shape index (κ2) is 3.39. The van der Waals surface area contributed by atoms with Crippen molar-refractivity contribution in [3.8, 4) is 10.6 Å². The van der Waals surface area contributed by atoms with E-state index in [2.05, 4.69) is 31.1 Å². The molecule has 0 fully saturated rings. The lowest BCUT2D eigenvalue weighted by Crippen LogP contribution is -1.93. The highest BCUT2D eigenvalue weighted by Crippen LogP contribution is 2.27. The number of pyridine rings is 1. The van der Waals surface area contributed by atoms with Gasteiger partial charge in [0.15, 0.2) is 5.01 Å². The molecule has 0 aliphatic heterocycles. The molecule has 0 aromatic carbocycles. The van der Waals surface area contributed by atoms with E-state index in [1.54, 1.807) is 11.7 Å². The molecule has 0 spiro atoms. The highest BCUT2D eigenvalue weighted by atomic mass is 79.9. The van der Waals surface area contributed by atoms with Crippen LogP contribution in [0.25, 0.3) is 10.6 Å². The lowest BCUT2D eigenvalue weighted by atomic mass is 10.3. The van der Waals surface area contributed by atoms with Crippen molar-refractivity contribution < 1.29 is 0 Å². The maximum atomic E-state index is 5.69. The Hall–Kier alpha value is -1.01. The normalized spacial score (nSPS) is 10.2. The fourth-order valence-corrected chi connectivity index (χ4v) is 1.82. The fourth-order valence-electron chi connectivity index (χ4n) is 0.912. The summed E-state index contributed by atoms with van der Waals surface area (Å²) in [6.07, 6.45) is 1.65. The lowest BCUT2D eigenvalue weighted by Gasteiger charge is -1.99. The number of aromatic nitrogens is 3. The third-order valence-corrected chi connectivity index (χ3v) is 2.63. The molecule has 2 aromatic rings. The van der Waals surface area contributed by atoms with Crippen LogP contribution in [-0.2, 0) is 0 Å². The predicted octanol–water partition coefficient (Wildman–Crippen LogP) is 1.94. The number of rotatable bonds is 1. The summed E-state index contributed by atoms with van der Waals surface area (Å²) in [5.41, 5.74) is 8.17. The monoisotopic (exact) mass is 256 g/mol. The van der Waals surface area contributed by atoms with Gasteiger partial charge in [-0.3, -0.25) is 0 Å². The lowest BCUT2D eigenvalue weighted by molar-refractivity contribution is 1.09. The van der Waals surface area contributed by atoms with E-state index >= 15 is 0 Å². The van der Waals surface area contributed by atoms with Crippen LogP contribution in [0, 0.1) is 0 Å². The van der Waals surface area contributed by atoms with Crippen LogP contribution < -0.4 is 5.73 Å². The van der Waals surface area contributed by atoms with Gasteiger partial charge in [-0.25, -0.2) is 4.98 Å². The molecule has 6 heteroatoms. The maximum Gasteiger partial charge on any atom is 0.151 e. The van der Waals surface area contributed by atoms with Crippen LogP contribution in [0.2, 0.25) is 0 Å². The first-order valence-corrected chi connectivity index (χ1v) is 5.12. The van der Waals surface area contributed by atoms with E-state index in [0.717, 1.165) is 15.0 Å². The topological polar surface area (TPSA) is 64.7 Å². The molecule has 66 valence electrons. The van der Waals surface area contributed by atoms with Crippen LogP contribution in [0.1, 0.15) is 0 Å². The molecule has 2 rings (SSSR count). The molecule has 13 heavy (non-hydrogen) atoms. The summed E-state index contributed by atoms with van der Waals surface area (Å²) in [6.45, 7) is 0. The zero-order valence-electron chi connectivity index (χ0n) is 6.44. The number of halogens is 1. The molecule has 0 aliphatic carbocycles. The predicted molar refractivity (Wildman–Crippen MR) is 55.3 cm³/mol. The summed E-state index contributed by atoms with van der Waals surface area (Å²) >= 11 is 4.76. The molecule has 2 aromatic heterocycles. The van der Waals surface area contributed by atoms with Crippen LogP contribution >= 0.6 is 27.3 Å². The molecule has 0 radical (unpaired) electrons. The Morgan fingerprint density at radius 3 is 3.00 bits per heavy atom. The molecule has 0 unspecified atom stereocenters. The van der Waals surface area contributed by atoms with Gasteiger partial charge in [-0.1, -0.05) is 11.3 Å². The molecule has 4 nitrogen and oxygen atoms in total. The van der Waals surface area contributed by atoms with Gasteiger partial charge in [0.05, 0.1) is 5.56 Å². The number of anilines is 1. The number of nitrogen functional groups attached to an aromatic ring is 1. The first-order valence-electron chi connectivity index (χ1n) is 3.45. The van der Waals surface area contributed by atoms with Crippen LogP contribution in [0.4, 0.5) is 5.82 Å². The molecule has 2 N–H and O–H groups in total. The van der Waals surface area contributed by atoms with Crippen LogP contribution in [0.3, 0.4) is 0 Å². The highest BCUT2D eigenvalue weighted by molar-refractivity contribution is 9.10. The van der Waals surface area contributed by atoms with Gasteiger partial charge in [0, 0.05) is 10.7 Å². The van der Waals surface area contributed by atoms with Crippen molar-refractivity contribution in [1.82, 2.24) is 15.2 Å². The Labute approximate surface area is 87.0 Å². The summed E-state index contributed by atoms with van der Waals surface area (Å²) < 4.78 is 0.881. The molecule has 0 amide bonds. The minimum atomic E-state index is 0.472. The average molecular weight is 257 g/mol. The van der Waals surface area contributed by atoms with Crippen molar-refractivity contribution in [2.24, 2.45) is 0 Å². The van der Waals surface area contributed by atoms with Gasteiger partial charge < -0.3 is 5.73 Å². The van der Waals surface area contributed by atoms with Gasteiger partial charge in [0.1, 0.15) is 11.3 Å². The van der Waals surface area contributed by atoms with Crippen LogP contribution in [0.15, 0.2) is 22.2 Å². The number of nitrogens with zero attached hydrogens (tertiary/aromatic N) is 3. The van der Waals surface area contributed by atoms with E-state index in [9.17, 15) is 0 Å². The Morgan fingerprint density at radius 1 is 1.46 bits per heavy atom. The number of hydrogen-bond acceptors (Lipinski definition) is 5.